The van der Waals surface area contributed by atoms with Crippen LogP contribution < -0.4 is 5.32 Å². The minimum absolute atomic E-state index is 0.0370. The van der Waals surface area contributed by atoms with Gasteiger partial charge < -0.3 is 50.9 Å². The lowest BCUT2D eigenvalue weighted by Gasteiger charge is -2.68. The Balaban J connectivity index is 1.21. The Hall–Kier alpha value is -2.35. The highest BCUT2D eigenvalue weighted by molar-refractivity contribution is 5.96. The third-order valence-electron chi connectivity index (χ3n) is 18.4. The first-order chi connectivity index (χ1) is 26.8. The molecule has 2 spiro atoms. The van der Waals surface area contributed by atoms with Gasteiger partial charge in [0.1, 0.15) is 11.2 Å². The van der Waals surface area contributed by atoms with Gasteiger partial charge in [-0.05, 0) is 102 Å². The molecule has 0 radical (unpaired) electrons. The van der Waals surface area contributed by atoms with Gasteiger partial charge in [0.25, 0.3) is 0 Å². The van der Waals surface area contributed by atoms with Crippen molar-refractivity contribution in [2.75, 3.05) is 19.7 Å². The van der Waals surface area contributed by atoms with E-state index in [9.17, 15) is 45.6 Å². The topological polar surface area (TPSA) is 200 Å². The summed E-state index contributed by atoms with van der Waals surface area (Å²) in [6.45, 7) is 11.4. The summed E-state index contributed by atoms with van der Waals surface area (Å²) < 4.78 is 7.40. The lowest BCUT2D eigenvalue weighted by atomic mass is 9.37. The van der Waals surface area contributed by atoms with Crippen molar-refractivity contribution in [1.82, 2.24) is 5.32 Å². The SMILES string of the molecule is CCNCC1=C[C@@]2(C)CC[C@@H]1[C@]1(O[C@H]3C[C@@]4(O)C5=CC(=O)[C@@H]6[C@H](c7ccc(O)c(O)c7)[C@@H](O)[C@@H](O)C[C@]6(C)[C@H]5C5(CCCC5)C[C@]4(C)[C@H]3[C@]1(O)CCO)[C@@H](O)[C@H]2C. The fourth-order valence-electron chi connectivity index (χ4n) is 16.2. The Morgan fingerprint density at radius 2 is 1.70 bits per heavy atom. The number of carbonyl (C=O) groups excluding carboxylic acids is 1. The van der Waals surface area contributed by atoms with E-state index in [2.05, 4.69) is 32.2 Å². The normalized spacial score (nSPS) is 50.6. The zero-order valence-electron chi connectivity index (χ0n) is 34.2. The van der Waals surface area contributed by atoms with Crippen LogP contribution in [0.5, 0.6) is 11.5 Å². The molecule has 0 unspecified atom stereocenters. The smallest absolute Gasteiger partial charge is 0.160 e. The number of nitrogens with one attached hydrogen (secondary N) is 1. The molecule has 0 amide bonds. The molecule has 1 aromatic carbocycles. The second-order valence-electron chi connectivity index (χ2n) is 20.8. The minimum atomic E-state index is -1.74. The predicted octanol–water partition coefficient (Wildman–Crippen LogP) is 3.99. The molecule has 1 saturated heterocycles. The highest BCUT2D eigenvalue weighted by atomic mass is 16.6. The Morgan fingerprint density at radius 1 is 0.982 bits per heavy atom. The third kappa shape index (κ3) is 4.86. The fourth-order valence-corrected chi connectivity index (χ4v) is 16.2. The maximum atomic E-state index is 14.9. The molecule has 2 bridgehead atoms. The van der Waals surface area contributed by atoms with Gasteiger partial charge in [-0.2, -0.15) is 0 Å². The van der Waals surface area contributed by atoms with Crippen LogP contribution in [0.25, 0.3) is 0 Å². The number of phenolic OH excluding ortho intramolecular Hbond substituents is 2. The van der Waals surface area contributed by atoms with E-state index in [0.29, 0.717) is 30.5 Å². The van der Waals surface area contributed by atoms with E-state index in [1.165, 1.54) is 12.1 Å². The zero-order chi connectivity index (χ0) is 40.9. The number of benzene rings is 1. The van der Waals surface area contributed by atoms with Crippen LogP contribution in [0.15, 0.2) is 41.5 Å². The zero-order valence-corrected chi connectivity index (χ0v) is 34.2. The summed E-state index contributed by atoms with van der Waals surface area (Å²) in [5.41, 5.74) is -5.30. The quantitative estimate of drug-likeness (QED) is 0.149. The largest absolute Gasteiger partial charge is 0.504 e. The van der Waals surface area contributed by atoms with Crippen molar-refractivity contribution in [3.05, 3.63) is 47.1 Å². The molecule has 314 valence electrons. The Bertz CT molecular complexity index is 1890. The van der Waals surface area contributed by atoms with Gasteiger partial charge >= 0.3 is 0 Å². The number of ether oxygens (including phenoxy) is 1. The minimum Gasteiger partial charge on any atom is -0.504 e. The molecule has 9 aliphatic rings. The number of ketones is 1. The number of allylic oxidation sites excluding steroid dienone is 2. The van der Waals surface area contributed by atoms with Gasteiger partial charge in [-0.15, -0.1) is 0 Å². The summed E-state index contributed by atoms with van der Waals surface area (Å²) in [5, 5.41) is 98.6. The highest BCUT2D eigenvalue weighted by Crippen LogP contribution is 2.79. The molecule has 9 N–H and O–H groups in total. The molecule has 11 nitrogen and oxygen atoms in total. The molecule has 6 fully saturated rings. The number of aliphatic hydroxyl groups excluding tert-OH is 4. The average Bonchev–Trinajstić information content (AvgIpc) is 3.75. The second kappa shape index (κ2) is 12.8. The van der Waals surface area contributed by atoms with E-state index in [0.717, 1.165) is 44.2 Å². The molecule has 5 saturated carbocycles. The maximum absolute atomic E-state index is 14.9. The molecule has 8 aliphatic carbocycles. The molecule has 16 atom stereocenters. The number of likely N-dealkylation sites (N-methyl/N-ethyl adjacent to an activating group) is 1. The van der Waals surface area contributed by atoms with Crippen LogP contribution in [0.4, 0.5) is 0 Å². The van der Waals surface area contributed by atoms with Crippen LogP contribution in [0.2, 0.25) is 0 Å². The van der Waals surface area contributed by atoms with Crippen LogP contribution >= 0.6 is 0 Å². The van der Waals surface area contributed by atoms with Gasteiger partial charge in [-0.1, -0.05) is 65.2 Å². The number of hydrogen-bond acceptors (Lipinski definition) is 11. The summed E-state index contributed by atoms with van der Waals surface area (Å²) in [4.78, 5) is 14.9. The third-order valence-corrected chi connectivity index (χ3v) is 18.4. The number of aliphatic hydroxyl groups is 6. The monoisotopic (exact) mass is 791 g/mol. The lowest BCUT2D eigenvalue weighted by molar-refractivity contribution is -0.252. The van der Waals surface area contributed by atoms with Crippen molar-refractivity contribution in [1.29, 1.82) is 0 Å². The average molecular weight is 792 g/mol. The summed E-state index contributed by atoms with van der Waals surface area (Å²) in [7, 11) is 0. The molecule has 57 heavy (non-hydrogen) atoms. The van der Waals surface area contributed by atoms with E-state index in [-0.39, 0.29) is 66.3 Å². The van der Waals surface area contributed by atoms with Gasteiger partial charge in [0.15, 0.2) is 17.3 Å². The van der Waals surface area contributed by atoms with E-state index in [1.807, 2.05) is 13.8 Å². The molecule has 1 aromatic rings. The molecule has 0 aromatic heterocycles. The molecule has 11 heteroatoms. The van der Waals surface area contributed by atoms with E-state index in [1.54, 1.807) is 12.1 Å². The maximum Gasteiger partial charge on any atom is 0.160 e. The summed E-state index contributed by atoms with van der Waals surface area (Å²) >= 11 is 0. The standard InChI is InChI=1S/C46H65NO10/c1-6-47-22-26-19-40(3)14-11-27(26)46(39(54)24(40)2)44(55,15-16-48)38-33(57-46)21-45(56)28-18-31(51)35-34(25-9-10-29(49)30(50)17-25)36(53)32(52)20-41(35,4)37(28)43(12-7-8-13-43)23-42(38,45)5/h9-10,17-19,24,27,32-39,47-50,52-56H,6-8,11-16,20-23H2,1-5H3/t24-,27+,32+,33+,34+,35-,36+,37+,38+,39+,40-,41+,42-,44-,45-,46+/m1/s1. The van der Waals surface area contributed by atoms with E-state index < -0.39 is 75.2 Å². The van der Waals surface area contributed by atoms with Crippen molar-refractivity contribution in [2.24, 2.45) is 51.2 Å². The van der Waals surface area contributed by atoms with Gasteiger partial charge in [0.05, 0.1) is 30.0 Å². The number of rotatable bonds is 6. The fraction of sp³-hybridized carbons (Fsp3) is 0.761. The van der Waals surface area contributed by atoms with E-state index >= 15 is 0 Å². The molecule has 10 rings (SSSR count). The van der Waals surface area contributed by atoms with Crippen molar-refractivity contribution in [2.45, 2.75) is 146 Å². The second-order valence-corrected chi connectivity index (χ2v) is 20.8. The summed E-state index contributed by atoms with van der Waals surface area (Å²) in [6, 6.07) is 4.30. The van der Waals surface area contributed by atoms with Gasteiger partial charge in [0.2, 0.25) is 0 Å². The predicted molar refractivity (Wildman–Crippen MR) is 211 cm³/mol. The number of carbonyl (C=O) groups is 1. The summed E-state index contributed by atoms with van der Waals surface area (Å²) in [6.07, 6.45) is 5.47. The molecular weight excluding hydrogens is 727 g/mol. The van der Waals surface area contributed by atoms with Crippen LogP contribution in [0, 0.1) is 51.2 Å². The van der Waals surface area contributed by atoms with Crippen LogP contribution in [-0.2, 0) is 9.53 Å². The first kappa shape index (κ1) is 40.1. The number of hydrogen-bond donors (Lipinski definition) is 9. The van der Waals surface area contributed by atoms with E-state index in [4.69, 9.17) is 4.74 Å². The number of fused-ring (bicyclic) bond motifs is 10. The molecular formula is C46H65NO10. The number of phenols is 2. The summed E-state index contributed by atoms with van der Waals surface area (Å²) in [5.74, 6) is -4.24. The van der Waals surface area contributed by atoms with Crippen LogP contribution in [0.1, 0.15) is 110 Å². The molecule has 1 heterocycles. The van der Waals surface area contributed by atoms with Crippen LogP contribution in [-0.4, -0.2) is 108 Å². The lowest BCUT2D eigenvalue weighted by Crippen LogP contribution is -2.71. The number of aromatic hydroxyl groups is 2. The van der Waals surface area contributed by atoms with Gasteiger partial charge in [-0.3, -0.25) is 4.79 Å². The first-order valence-corrected chi connectivity index (χ1v) is 21.8. The van der Waals surface area contributed by atoms with Crippen molar-refractivity contribution in [3.8, 4) is 11.5 Å². The Kier molecular flexibility index (Phi) is 9.02. The Labute approximate surface area is 336 Å². The highest BCUT2D eigenvalue weighted by Gasteiger charge is 2.84. The van der Waals surface area contributed by atoms with Gasteiger partial charge in [-0.25, -0.2) is 0 Å². The first-order valence-electron chi connectivity index (χ1n) is 21.8. The van der Waals surface area contributed by atoms with Crippen molar-refractivity contribution >= 4 is 5.78 Å². The van der Waals surface area contributed by atoms with Crippen molar-refractivity contribution < 1.29 is 50.4 Å². The van der Waals surface area contributed by atoms with Crippen molar-refractivity contribution in [3.63, 3.8) is 0 Å². The molecule has 1 aliphatic heterocycles. The van der Waals surface area contributed by atoms with Gasteiger partial charge in [0, 0.05) is 55.1 Å². The van der Waals surface area contributed by atoms with Crippen LogP contribution in [0.3, 0.4) is 0 Å². The Morgan fingerprint density at radius 3 is 2.37 bits per heavy atom.